The molecule has 6 rings (SSSR count). The largest absolute Gasteiger partial charge is 0.352 e. The minimum atomic E-state index is -1.62. The molecule has 196 valence electrons. The first-order valence-electron chi connectivity index (χ1n) is 12.7. The normalized spacial score (nSPS) is 22.6. The van der Waals surface area contributed by atoms with Crippen LogP contribution >= 0.6 is 15.9 Å². The molecule has 3 atom stereocenters. The van der Waals surface area contributed by atoms with E-state index < -0.39 is 33.8 Å². The molecule has 0 amide bonds. The van der Waals surface area contributed by atoms with E-state index in [1.54, 1.807) is 36.4 Å². The van der Waals surface area contributed by atoms with Gasteiger partial charge >= 0.3 is 0 Å². The van der Waals surface area contributed by atoms with Crippen LogP contribution in [0.1, 0.15) is 58.5 Å². The Hall–Kier alpha value is -3.91. The van der Waals surface area contributed by atoms with Crippen LogP contribution in [-0.4, -0.2) is 34.4 Å². The number of carbonyl (C=O) groups excluding carboxylic acids is 3. The van der Waals surface area contributed by atoms with Crippen LogP contribution in [0, 0.1) is 20.9 Å². The van der Waals surface area contributed by atoms with E-state index >= 15 is 0 Å². The predicted octanol–water partition coefficient (Wildman–Crippen LogP) is 6.41. The lowest BCUT2D eigenvalue weighted by molar-refractivity contribution is -0.384. The number of rotatable bonds is 3. The van der Waals surface area contributed by atoms with Gasteiger partial charge < -0.3 is 4.90 Å². The third-order valence-electron chi connectivity index (χ3n) is 8.24. The van der Waals surface area contributed by atoms with Gasteiger partial charge in [-0.05, 0) is 29.3 Å². The maximum Gasteiger partial charge on any atom is 0.269 e. The molecule has 3 aromatic carbocycles. The van der Waals surface area contributed by atoms with Crippen molar-refractivity contribution in [1.29, 1.82) is 0 Å². The lowest BCUT2D eigenvalue weighted by Crippen LogP contribution is -2.49. The van der Waals surface area contributed by atoms with Crippen molar-refractivity contribution in [2.24, 2.45) is 10.8 Å². The number of Topliss-reactive ketones (excluding diaryl/α,β-unsaturated/α-hetero) is 3. The highest BCUT2D eigenvalue weighted by Crippen LogP contribution is 2.61. The fourth-order valence-corrected chi connectivity index (χ4v) is 6.95. The van der Waals surface area contributed by atoms with Crippen LogP contribution < -0.4 is 4.90 Å². The minimum absolute atomic E-state index is 0.107. The van der Waals surface area contributed by atoms with Gasteiger partial charge in [-0.25, -0.2) is 0 Å². The van der Waals surface area contributed by atoms with Crippen molar-refractivity contribution in [1.82, 2.24) is 0 Å². The molecule has 1 spiro atoms. The van der Waals surface area contributed by atoms with Gasteiger partial charge in [0.25, 0.3) is 5.69 Å². The molecule has 0 radical (unpaired) electrons. The molecule has 39 heavy (non-hydrogen) atoms. The van der Waals surface area contributed by atoms with Crippen LogP contribution in [-0.2, 0) is 4.79 Å². The SMILES string of the molecule is CC(C)(C)C(=O)[C@H]1[C@H](c2ccc([N+](=O)[O-])cc2)C2(C(=O)c3ccccc3C2=O)[C@H]2C=Cc3cc(Br)ccc3N12. The highest BCUT2D eigenvalue weighted by atomic mass is 79.9. The van der Waals surface area contributed by atoms with Crippen molar-refractivity contribution in [2.75, 3.05) is 4.90 Å². The number of carbonyl (C=O) groups is 3. The molecule has 0 aromatic heterocycles. The molecule has 0 bridgehead atoms. The lowest BCUT2D eigenvalue weighted by Gasteiger charge is -2.38. The predicted molar refractivity (Wildman–Crippen MR) is 151 cm³/mol. The molecule has 0 unspecified atom stereocenters. The summed E-state index contributed by atoms with van der Waals surface area (Å²) in [4.78, 5) is 56.3. The van der Waals surface area contributed by atoms with Gasteiger partial charge in [0.15, 0.2) is 17.3 Å². The van der Waals surface area contributed by atoms with Crippen LogP contribution in [0.25, 0.3) is 6.08 Å². The second-order valence-electron chi connectivity index (χ2n) is 11.4. The number of ketones is 3. The monoisotopic (exact) mass is 584 g/mol. The number of nitro groups is 1. The average molecular weight is 585 g/mol. The highest BCUT2D eigenvalue weighted by molar-refractivity contribution is 9.10. The lowest BCUT2D eigenvalue weighted by atomic mass is 9.63. The molecule has 2 heterocycles. The third kappa shape index (κ3) is 3.44. The second-order valence-corrected chi connectivity index (χ2v) is 12.3. The third-order valence-corrected chi connectivity index (χ3v) is 8.73. The Balaban J connectivity index is 1.68. The number of hydrogen-bond donors (Lipinski definition) is 0. The van der Waals surface area contributed by atoms with E-state index in [4.69, 9.17) is 0 Å². The fourth-order valence-electron chi connectivity index (χ4n) is 6.57. The van der Waals surface area contributed by atoms with Crippen LogP contribution in [0.5, 0.6) is 0 Å². The van der Waals surface area contributed by atoms with Crippen molar-refractivity contribution in [3.63, 3.8) is 0 Å². The Morgan fingerprint density at radius 2 is 1.59 bits per heavy atom. The Morgan fingerprint density at radius 1 is 0.974 bits per heavy atom. The summed E-state index contributed by atoms with van der Waals surface area (Å²) in [6.07, 6.45) is 3.77. The van der Waals surface area contributed by atoms with Gasteiger partial charge in [0.05, 0.1) is 17.0 Å². The summed E-state index contributed by atoms with van der Waals surface area (Å²) >= 11 is 3.52. The first-order chi connectivity index (χ1) is 18.5. The summed E-state index contributed by atoms with van der Waals surface area (Å²) in [5, 5.41) is 11.4. The van der Waals surface area contributed by atoms with Crippen LogP contribution in [0.15, 0.2) is 77.3 Å². The number of halogens is 1. The highest BCUT2D eigenvalue weighted by Gasteiger charge is 2.71. The van der Waals surface area contributed by atoms with Gasteiger partial charge in [-0.1, -0.05) is 85.3 Å². The Bertz CT molecular complexity index is 1580. The summed E-state index contributed by atoms with van der Waals surface area (Å²) in [6.45, 7) is 5.49. The zero-order chi connectivity index (χ0) is 27.9. The Kier molecular flexibility index (Phi) is 5.56. The molecular formula is C31H25BrN2O5. The number of non-ortho nitro benzene ring substituents is 1. The fraction of sp³-hybridized carbons (Fsp3) is 0.258. The minimum Gasteiger partial charge on any atom is -0.352 e. The number of nitrogens with zero attached hydrogens (tertiary/aromatic N) is 2. The first-order valence-corrected chi connectivity index (χ1v) is 13.5. The Labute approximate surface area is 233 Å². The van der Waals surface area contributed by atoms with Crippen molar-refractivity contribution in [3.05, 3.63) is 110 Å². The maximum absolute atomic E-state index is 14.5. The quantitative estimate of drug-likeness (QED) is 0.200. The summed E-state index contributed by atoms with van der Waals surface area (Å²) in [5.74, 6) is -1.64. The van der Waals surface area contributed by atoms with Crippen molar-refractivity contribution in [3.8, 4) is 0 Å². The van der Waals surface area contributed by atoms with Crippen LogP contribution in [0.3, 0.4) is 0 Å². The van der Waals surface area contributed by atoms with Gasteiger partial charge in [0.1, 0.15) is 5.41 Å². The van der Waals surface area contributed by atoms with Crippen LogP contribution in [0.2, 0.25) is 0 Å². The zero-order valence-corrected chi connectivity index (χ0v) is 23.1. The number of anilines is 1. The van der Waals surface area contributed by atoms with Gasteiger partial charge in [0.2, 0.25) is 0 Å². The number of nitro benzene ring substituents is 1. The van der Waals surface area contributed by atoms with E-state index in [1.165, 1.54) is 12.1 Å². The molecule has 1 fully saturated rings. The topological polar surface area (TPSA) is 97.6 Å². The van der Waals surface area contributed by atoms with Crippen molar-refractivity contribution < 1.29 is 19.3 Å². The molecule has 2 aliphatic heterocycles. The molecule has 8 heteroatoms. The first kappa shape index (κ1) is 25.4. The second kappa shape index (κ2) is 8.55. The molecule has 3 aromatic rings. The maximum atomic E-state index is 14.5. The van der Waals surface area contributed by atoms with Crippen molar-refractivity contribution >= 4 is 50.7 Å². The van der Waals surface area contributed by atoms with Gasteiger partial charge in [-0.3, -0.25) is 24.5 Å². The molecule has 3 aliphatic rings. The average Bonchev–Trinajstić information content (AvgIpc) is 3.33. The smallest absolute Gasteiger partial charge is 0.269 e. The molecular weight excluding hydrogens is 560 g/mol. The van der Waals surface area contributed by atoms with E-state index in [9.17, 15) is 24.5 Å². The van der Waals surface area contributed by atoms with Gasteiger partial charge in [-0.15, -0.1) is 0 Å². The molecule has 7 nitrogen and oxygen atoms in total. The van der Waals surface area contributed by atoms with E-state index in [-0.39, 0.29) is 23.0 Å². The van der Waals surface area contributed by atoms with Crippen LogP contribution in [0.4, 0.5) is 11.4 Å². The number of fused-ring (bicyclic) bond motifs is 5. The summed E-state index contributed by atoms with van der Waals surface area (Å²) in [6, 6.07) is 16.8. The molecule has 0 N–H and O–H groups in total. The standard InChI is InChI=1S/C31H25BrN2O5/c1-30(2,3)29(37)26-25(17-8-12-20(13-9-17)34(38)39)31(27(35)21-6-4-5-7-22(21)28(31)36)24-15-10-18-16-19(32)11-14-23(18)33(24)26/h4-16,24-26H,1-3H3/t24-,25+,26-/m1/s1. The molecule has 1 aliphatic carbocycles. The van der Waals surface area contributed by atoms with E-state index in [2.05, 4.69) is 15.9 Å². The Morgan fingerprint density at radius 3 is 2.15 bits per heavy atom. The van der Waals surface area contributed by atoms with E-state index in [0.29, 0.717) is 16.7 Å². The van der Waals surface area contributed by atoms with E-state index in [1.807, 2.05) is 56.0 Å². The summed E-state index contributed by atoms with van der Waals surface area (Å²) < 4.78 is 0.865. The zero-order valence-electron chi connectivity index (χ0n) is 21.6. The number of hydrogen-bond acceptors (Lipinski definition) is 6. The van der Waals surface area contributed by atoms with Gasteiger partial charge in [-0.2, -0.15) is 0 Å². The van der Waals surface area contributed by atoms with Crippen molar-refractivity contribution in [2.45, 2.75) is 38.8 Å². The summed E-state index contributed by atoms with van der Waals surface area (Å²) in [5.41, 5.74) is 0.321. The van der Waals surface area contributed by atoms with Gasteiger partial charge in [0, 0.05) is 44.8 Å². The molecule has 0 saturated carbocycles. The summed E-state index contributed by atoms with van der Waals surface area (Å²) in [7, 11) is 0. The van der Waals surface area contributed by atoms with E-state index in [0.717, 1.165) is 15.7 Å². The molecule has 1 saturated heterocycles. The number of benzene rings is 3.